The first-order valence-electron chi connectivity index (χ1n) is 11.5. The van der Waals surface area contributed by atoms with Crippen molar-refractivity contribution < 1.29 is 19.5 Å². The Morgan fingerprint density at radius 3 is 2.43 bits per heavy atom. The van der Waals surface area contributed by atoms with Crippen molar-refractivity contribution in [1.29, 1.82) is 0 Å². The predicted octanol–water partition coefficient (Wildman–Crippen LogP) is 2.14. The number of likely N-dealkylation sites (tertiary alicyclic amines) is 1. The van der Waals surface area contributed by atoms with Gasteiger partial charge in [-0.3, -0.25) is 9.59 Å². The van der Waals surface area contributed by atoms with Crippen LogP contribution >= 0.6 is 34.5 Å². The number of carbonyl (C=O) groups is 3. The summed E-state index contributed by atoms with van der Waals surface area (Å²) >= 11 is 13.3. The van der Waals surface area contributed by atoms with E-state index in [1.54, 1.807) is 11.8 Å². The van der Waals surface area contributed by atoms with Gasteiger partial charge < -0.3 is 30.9 Å². The minimum Gasteiger partial charge on any atom is -0.477 e. The summed E-state index contributed by atoms with van der Waals surface area (Å²) in [6.07, 6.45) is 1.46. The van der Waals surface area contributed by atoms with Crippen LogP contribution in [-0.2, 0) is 11.2 Å². The van der Waals surface area contributed by atoms with Gasteiger partial charge in [0.2, 0.25) is 5.91 Å². The molecule has 0 aromatic carbocycles. The van der Waals surface area contributed by atoms with Gasteiger partial charge in [0, 0.05) is 55.8 Å². The molecule has 13 heteroatoms. The van der Waals surface area contributed by atoms with Gasteiger partial charge in [0.25, 0.3) is 5.91 Å². The lowest BCUT2D eigenvalue weighted by Crippen LogP contribution is -2.43. The van der Waals surface area contributed by atoms with E-state index in [2.05, 4.69) is 15.3 Å². The molecular weight excluding hydrogens is 515 g/mol. The van der Waals surface area contributed by atoms with E-state index < -0.39 is 5.97 Å². The first-order chi connectivity index (χ1) is 16.6. The smallest absolute Gasteiger partial charge is 0.347 e. The Labute approximate surface area is 215 Å². The number of carboxylic acids is 1. The largest absolute Gasteiger partial charge is 0.477 e. The number of amides is 2. The number of aromatic amines is 1. The number of aryl methyl sites for hydroxylation is 1. The van der Waals surface area contributed by atoms with Gasteiger partial charge in [-0.15, -0.1) is 0 Å². The molecule has 2 aromatic rings. The average molecular weight is 541 g/mol. The lowest BCUT2D eigenvalue weighted by molar-refractivity contribution is -0.131. The second kappa shape index (κ2) is 9.27. The molecule has 2 aromatic heterocycles. The molecule has 3 fully saturated rings. The van der Waals surface area contributed by atoms with Crippen molar-refractivity contribution >= 4 is 57.5 Å². The summed E-state index contributed by atoms with van der Waals surface area (Å²) in [6, 6.07) is 0.124. The normalized spacial score (nSPS) is 23.9. The van der Waals surface area contributed by atoms with Crippen LogP contribution < -0.4 is 16.0 Å². The van der Waals surface area contributed by atoms with Crippen molar-refractivity contribution in [2.75, 3.05) is 31.1 Å². The molecule has 5 N–H and O–H groups in total. The number of piperidine rings is 2. The van der Waals surface area contributed by atoms with E-state index in [1.165, 1.54) is 0 Å². The molecule has 0 radical (unpaired) electrons. The van der Waals surface area contributed by atoms with Crippen molar-refractivity contribution in [3.63, 3.8) is 0 Å². The number of thiazole rings is 1. The Morgan fingerprint density at radius 1 is 1.20 bits per heavy atom. The Bertz CT molecular complexity index is 1180. The van der Waals surface area contributed by atoms with Crippen molar-refractivity contribution in [2.45, 2.75) is 38.3 Å². The van der Waals surface area contributed by atoms with Crippen molar-refractivity contribution in [1.82, 2.24) is 20.2 Å². The highest BCUT2D eigenvalue weighted by atomic mass is 35.5. The predicted molar refractivity (Wildman–Crippen MR) is 133 cm³/mol. The van der Waals surface area contributed by atoms with Crippen LogP contribution in [0.15, 0.2) is 0 Å². The third kappa shape index (κ3) is 4.62. The van der Waals surface area contributed by atoms with Gasteiger partial charge in [-0.05, 0) is 19.8 Å². The monoisotopic (exact) mass is 540 g/mol. The second-order valence-corrected chi connectivity index (χ2v) is 11.2. The van der Waals surface area contributed by atoms with E-state index in [9.17, 15) is 19.5 Å². The second-order valence-electron chi connectivity index (χ2n) is 9.46. The molecule has 0 unspecified atom stereocenters. The van der Waals surface area contributed by atoms with Crippen LogP contribution in [0.2, 0.25) is 10.0 Å². The van der Waals surface area contributed by atoms with E-state index in [1.807, 2.05) is 4.90 Å². The number of fused-ring (bicyclic) bond motifs is 1. The average Bonchev–Trinajstić information content (AvgIpc) is 3.19. The molecule has 0 bridgehead atoms. The molecule has 3 atom stereocenters. The quantitative estimate of drug-likeness (QED) is 0.439. The molecule has 4 heterocycles. The summed E-state index contributed by atoms with van der Waals surface area (Å²) in [5.74, 6) is -1.02. The maximum absolute atomic E-state index is 12.7. The van der Waals surface area contributed by atoms with Gasteiger partial charge in [-0.25, -0.2) is 9.78 Å². The van der Waals surface area contributed by atoms with Crippen LogP contribution in [0.5, 0.6) is 0 Å². The van der Waals surface area contributed by atoms with Crippen molar-refractivity contribution in [3.8, 4) is 0 Å². The van der Waals surface area contributed by atoms with E-state index >= 15 is 0 Å². The fraction of sp³-hybridized carbons (Fsp3) is 0.545. The zero-order valence-corrected chi connectivity index (χ0v) is 21.3. The molecule has 35 heavy (non-hydrogen) atoms. The van der Waals surface area contributed by atoms with Gasteiger partial charge in [-0.1, -0.05) is 34.5 Å². The number of carbonyl (C=O) groups excluding carboxylic acids is 2. The Morgan fingerprint density at radius 2 is 1.86 bits per heavy atom. The highest BCUT2D eigenvalue weighted by Crippen LogP contribution is 2.48. The van der Waals surface area contributed by atoms with Gasteiger partial charge in [-0.2, -0.15) is 0 Å². The summed E-state index contributed by atoms with van der Waals surface area (Å²) < 4.78 is 0. The molecule has 1 aliphatic carbocycles. The molecule has 10 nitrogen and oxygen atoms in total. The molecule has 1 saturated carbocycles. The number of halogens is 2. The minimum absolute atomic E-state index is 0.0163. The van der Waals surface area contributed by atoms with E-state index in [0.29, 0.717) is 47.7 Å². The molecular formula is C22H26Cl2N6O4S. The van der Waals surface area contributed by atoms with Gasteiger partial charge in [0.15, 0.2) is 5.13 Å². The molecule has 5 rings (SSSR count). The molecule has 188 valence electrons. The Balaban J connectivity index is 1.21. The maximum atomic E-state index is 12.7. The molecule has 2 saturated heterocycles. The van der Waals surface area contributed by atoms with Gasteiger partial charge >= 0.3 is 5.97 Å². The highest BCUT2D eigenvalue weighted by molar-refractivity contribution is 7.17. The Hall–Kier alpha value is -2.34. The third-order valence-corrected chi connectivity index (χ3v) is 9.23. The third-order valence-electron chi connectivity index (χ3n) is 7.13. The zero-order valence-electron chi connectivity index (χ0n) is 19.0. The lowest BCUT2D eigenvalue weighted by atomic mass is 10.1. The van der Waals surface area contributed by atoms with Crippen LogP contribution in [0.1, 0.15) is 44.4 Å². The number of nitrogens with zero attached hydrogens (tertiary/aromatic N) is 3. The number of anilines is 1. The van der Waals surface area contributed by atoms with Crippen LogP contribution in [0.4, 0.5) is 5.13 Å². The number of nitrogens with one attached hydrogen (secondary N) is 2. The summed E-state index contributed by atoms with van der Waals surface area (Å²) in [5.41, 5.74) is 7.11. The van der Waals surface area contributed by atoms with Crippen LogP contribution in [0.3, 0.4) is 0 Å². The minimum atomic E-state index is -1.08. The lowest BCUT2D eigenvalue weighted by Gasteiger charge is -2.30. The van der Waals surface area contributed by atoms with E-state index in [-0.39, 0.29) is 57.7 Å². The summed E-state index contributed by atoms with van der Waals surface area (Å²) in [5, 5.41) is 13.8. The SMILES string of the molecule is Cc1[nH]c(C(=O)N[C@@H]2[C@@H]3CN(c4nc(CC(=O)N5CCC(N)CC5)c(C(=O)O)s4)C[C@@H]32)c(Cl)c1Cl. The highest BCUT2D eigenvalue weighted by Gasteiger charge is 2.57. The number of aromatic carboxylic acids is 1. The van der Waals surface area contributed by atoms with Crippen LogP contribution in [0, 0.1) is 18.8 Å². The summed E-state index contributed by atoms with van der Waals surface area (Å²) in [4.78, 5) is 48.5. The zero-order chi connectivity index (χ0) is 25.0. The standard InChI is InChI=1S/C22H26Cl2N6O4S/c1-9-15(23)16(24)18(26-9)20(32)28-17-11-7-30(8-12(11)17)22-27-13(19(35-22)21(33)34)6-14(31)29-4-2-10(25)3-5-29/h10-12,17,26H,2-8,25H2,1H3,(H,28,32)(H,33,34)/t11-,12+,17-. The first kappa shape index (κ1) is 24.4. The maximum Gasteiger partial charge on any atom is 0.347 e. The fourth-order valence-electron chi connectivity index (χ4n) is 5.01. The molecule has 0 spiro atoms. The molecule has 3 aliphatic rings. The number of aromatic nitrogens is 2. The van der Waals surface area contributed by atoms with Crippen LogP contribution in [-0.4, -0.2) is 76.0 Å². The van der Waals surface area contributed by atoms with Crippen LogP contribution in [0.25, 0.3) is 0 Å². The number of hydrogen-bond acceptors (Lipinski definition) is 7. The van der Waals surface area contributed by atoms with E-state index in [4.69, 9.17) is 28.9 Å². The first-order valence-corrected chi connectivity index (χ1v) is 13.1. The molecule has 2 aliphatic heterocycles. The van der Waals surface area contributed by atoms with Crippen molar-refractivity contribution in [3.05, 3.63) is 32.0 Å². The number of rotatable bonds is 6. The fourth-order valence-corrected chi connectivity index (χ4v) is 6.37. The summed E-state index contributed by atoms with van der Waals surface area (Å²) in [7, 11) is 0. The van der Waals surface area contributed by atoms with E-state index in [0.717, 1.165) is 24.2 Å². The number of H-pyrrole nitrogens is 1. The van der Waals surface area contributed by atoms with Gasteiger partial charge in [0.05, 0.1) is 22.2 Å². The van der Waals surface area contributed by atoms with Crippen molar-refractivity contribution in [2.24, 2.45) is 17.6 Å². The van der Waals surface area contributed by atoms with Gasteiger partial charge in [0.1, 0.15) is 10.6 Å². The number of hydrogen-bond donors (Lipinski definition) is 4. The molecule has 2 amide bonds. The topological polar surface area (TPSA) is 145 Å². The number of carboxylic acid groups (broad SMARTS) is 1. The number of nitrogens with two attached hydrogens (primary N) is 1. The Kier molecular flexibility index (Phi) is 6.45. The summed E-state index contributed by atoms with van der Waals surface area (Å²) in [6.45, 7) is 4.22.